The van der Waals surface area contributed by atoms with Crippen molar-refractivity contribution in [3.05, 3.63) is 87.0 Å². The van der Waals surface area contributed by atoms with Crippen LogP contribution in [0.2, 0.25) is 0 Å². The van der Waals surface area contributed by atoms with Crippen molar-refractivity contribution in [1.82, 2.24) is 9.78 Å². The number of aryl methyl sites for hydroxylation is 1. The molecule has 1 heterocycles. The van der Waals surface area contributed by atoms with E-state index >= 15 is 0 Å². The highest BCUT2D eigenvalue weighted by molar-refractivity contribution is 6.07. The Hall–Kier alpha value is -4.01. The van der Waals surface area contributed by atoms with E-state index in [1.54, 1.807) is 35.2 Å². The van der Waals surface area contributed by atoms with Crippen molar-refractivity contribution in [1.29, 1.82) is 0 Å². The summed E-state index contributed by atoms with van der Waals surface area (Å²) in [6.45, 7) is 4.37. The summed E-state index contributed by atoms with van der Waals surface area (Å²) in [6.07, 6.45) is 4.65. The van der Waals surface area contributed by atoms with Gasteiger partial charge in [0.1, 0.15) is 18.2 Å². The largest absolute Gasteiger partial charge is 0.496 e. The second-order valence-electron chi connectivity index (χ2n) is 6.89. The maximum Gasteiger partial charge on any atom is 0.311 e. The standard InChI is InChI=1S/C23H22FN3O5/c1-4-26-15(2)19(13-25-26)21(28)9-5-16-6-10-22(31-3)17(11-16)14-32-23-12-18(24)7-8-20(23)27(29)30/h5-13H,4,14H2,1-3H3/b9-5+. The van der Waals surface area contributed by atoms with E-state index in [0.29, 0.717) is 29.0 Å². The number of ether oxygens (including phenoxy) is 2. The van der Waals surface area contributed by atoms with E-state index in [9.17, 15) is 19.3 Å². The molecule has 9 heteroatoms. The zero-order valence-corrected chi connectivity index (χ0v) is 17.9. The van der Waals surface area contributed by atoms with Crippen LogP contribution in [0.15, 0.2) is 48.7 Å². The van der Waals surface area contributed by atoms with Gasteiger partial charge in [0.2, 0.25) is 0 Å². The molecule has 0 fully saturated rings. The first kappa shape index (κ1) is 22.7. The van der Waals surface area contributed by atoms with E-state index in [2.05, 4.69) is 5.10 Å². The molecule has 0 unspecified atom stereocenters. The zero-order valence-electron chi connectivity index (χ0n) is 17.9. The predicted molar refractivity (Wildman–Crippen MR) is 116 cm³/mol. The van der Waals surface area contributed by atoms with Crippen LogP contribution in [0.3, 0.4) is 0 Å². The van der Waals surface area contributed by atoms with Crippen LogP contribution in [-0.2, 0) is 13.2 Å². The van der Waals surface area contributed by atoms with Crippen molar-refractivity contribution in [2.75, 3.05) is 7.11 Å². The summed E-state index contributed by atoms with van der Waals surface area (Å²) in [4.78, 5) is 23.1. The Morgan fingerprint density at radius 3 is 2.69 bits per heavy atom. The van der Waals surface area contributed by atoms with Crippen LogP contribution >= 0.6 is 0 Å². The van der Waals surface area contributed by atoms with Crippen molar-refractivity contribution in [3.8, 4) is 11.5 Å². The number of nitrogens with zero attached hydrogens (tertiary/aromatic N) is 3. The summed E-state index contributed by atoms with van der Waals surface area (Å²) in [5.74, 6) is -0.509. The van der Waals surface area contributed by atoms with Gasteiger partial charge in [-0.2, -0.15) is 5.10 Å². The molecule has 0 aliphatic heterocycles. The quantitative estimate of drug-likeness (QED) is 0.207. The van der Waals surface area contributed by atoms with Gasteiger partial charge in [-0.05, 0) is 43.7 Å². The molecule has 8 nitrogen and oxygen atoms in total. The first-order chi connectivity index (χ1) is 15.3. The highest BCUT2D eigenvalue weighted by Gasteiger charge is 2.17. The molecule has 0 spiro atoms. The third-order valence-electron chi connectivity index (χ3n) is 4.90. The molecule has 0 N–H and O–H groups in total. The number of rotatable bonds is 9. The number of allylic oxidation sites excluding steroid dienone is 1. The van der Waals surface area contributed by atoms with Crippen molar-refractivity contribution in [2.45, 2.75) is 27.0 Å². The number of ketones is 1. The molecule has 0 saturated carbocycles. The highest BCUT2D eigenvalue weighted by Crippen LogP contribution is 2.30. The summed E-state index contributed by atoms with van der Waals surface area (Å²) in [7, 11) is 1.48. The van der Waals surface area contributed by atoms with E-state index < -0.39 is 10.7 Å². The Labute approximate surface area is 184 Å². The SMILES string of the molecule is CCn1ncc(C(=O)/C=C/c2ccc(OC)c(COc3cc(F)ccc3[N+](=O)[O-])c2)c1C. The minimum absolute atomic E-state index is 0.0918. The molecule has 3 rings (SSSR count). The van der Waals surface area contributed by atoms with Crippen molar-refractivity contribution >= 4 is 17.5 Å². The van der Waals surface area contributed by atoms with Gasteiger partial charge < -0.3 is 9.47 Å². The highest BCUT2D eigenvalue weighted by atomic mass is 19.1. The summed E-state index contributed by atoms with van der Waals surface area (Å²) in [5.41, 5.74) is 2.26. The van der Waals surface area contributed by atoms with E-state index in [4.69, 9.17) is 9.47 Å². The van der Waals surface area contributed by atoms with Gasteiger partial charge in [-0.3, -0.25) is 19.6 Å². The second-order valence-corrected chi connectivity index (χ2v) is 6.89. The Morgan fingerprint density at radius 2 is 2.03 bits per heavy atom. The molecule has 1 aromatic heterocycles. The molecule has 0 amide bonds. The van der Waals surface area contributed by atoms with Crippen molar-refractivity contribution < 1.29 is 23.6 Å². The molecule has 0 bridgehead atoms. The van der Waals surface area contributed by atoms with E-state index in [1.165, 1.54) is 13.2 Å². The summed E-state index contributed by atoms with van der Waals surface area (Å²) >= 11 is 0. The smallest absolute Gasteiger partial charge is 0.311 e. The lowest BCUT2D eigenvalue weighted by Crippen LogP contribution is -2.02. The van der Waals surface area contributed by atoms with E-state index in [1.807, 2.05) is 13.8 Å². The lowest BCUT2D eigenvalue weighted by molar-refractivity contribution is -0.386. The average molecular weight is 439 g/mol. The molecular weight excluding hydrogens is 417 g/mol. The van der Waals surface area contributed by atoms with Gasteiger partial charge in [0.15, 0.2) is 11.5 Å². The number of carbonyl (C=O) groups is 1. The molecule has 0 aliphatic carbocycles. The number of hydrogen-bond donors (Lipinski definition) is 0. The fourth-order valence-corrected chi connectivity index (χ4v) is 3.19. The van der Waals surface area contributed by atoms with Crippen LogP contribution in [-0.4, -0.2) is 27.6 Å². The Bertz CT molecular complexity index is 1190. The molecule has 0 atom stereocenters. The number of hydrogen-bond acceptors (Lipinski definition) is 6. The fraction of sp³-hybridized carbons (Fsp3) is 0.217. The van der Waals surface area contributed by atoms with Gasteiger partial charge in [-0.25, -0.2) is 4.39 Å². The topological polar surface area (TPSA) is 96.5 Å². The lowest BCUT2D eigenvalue weighted by atomic mass is 10.1. The van der Waals surface area contributed by atoms with E-state index in [0.717, 1.165) is 23.9 Å². The van der Waals surface area contributed by atoms with Gasteiger partial charge >= 0.3 is 5.69 Å². The Kier molecular flexibility index (Phi) is 6.99. The number of aromatic nitrogens is 2. The second kappa shape index (κ2) is 9.86. The van der Waals surface area contributed by atoms with E-state index in [-0.39, 0.29) is 23.8 Å². The van der Waals surface area contributed by atoms with Gasteiger partial charge in [0.25, 0.3) is 0 Å². The third-order valence-corrected chi connectivity index (χ3v) is 4.90. The minimum Gasteiger partial charge on any atom is -0.496 e. The van der Waals surface area contributed by atoms with Gasteiger partial charge in [0, 0.05) is 29.9 Å². The van der Waals surface area contributed by atoms with Crippen LogP contribution in [0, 0.1) is 22.9 Å². The Morgan fingerprint density at radius 1 is 1.25 bits per heavy atom. The van der Waals surface area contributed by atoms with Crippen molar-refractivity contribution in [3.63, 3.8) is 0 Å². The number of nitro benzene ring substituents is 1. The Balaban J connectivity index is 1.81. The van der Waals surface area contributed by atoms with Gasteiger partial charge in [0.05, 0.1) is 23.8 Å². The maximum atomic E-state index is 13.5. The summed E-state index contributed by atoms with van der Waals surface area (Å²) in [5, 5.41) is 15.3. The zero-order chi connectivity index (χ0) is 23.3. The maximum absolute atomic E-state index is 13.5. The van der Waals surface area contributed by atoms with Gasteiger partial charge in [-0.1, -0.05) is 12.1 Å². The predicted octanol–water partition coefficient (Wildman–Crippen LogP) is 4.74. The van der Waals surface area contributed by atoms with Gasteiger partial charge in [-0.15, -0.1) is 0 Å². The number of carbonyl (C=O) groups excluding carboxylic acids is 1. The molecule has 2 aromatic carbocycles. The van der Waals surface area contributed by atoms with Crippen LogP contribution in [0.1, 0.15) is 34.1 Å². The number of benzene rings is 2. The third kappa shape index (κ3) is 5.00. The molecule has 0 aliphatic rings. The average Bonchev–Trinajstić information content (AvgIpc) is 3.16. The molecule has 32 heavy (non-hydrogen) atoms. The molecule has 0 radical (unpaired) electrons. The number of halogens is 1. The molecular formula is C23H22FN3O5. The lowest BCUT2D eigenvalue weighted by Gasteiger charge is -2.11. The van der Waals surface area contributed by atoms with Crippen LogP contribution in [0.5, 0.6) is 11.5 Å². The first-order valence-corrected chi connectivity index (χ1v) is 9.82. The molecule has 3 aromatic rings. The molecule has 0 saturated heterocycles. The summed E-state index contributed by atoms with van der Waals surface area (Å²) < 4.78 is 26.1. The van der Waals surface area contributed by atoms with Crippen LogP contribution in [0.25, 0.3) is 6.08 Å². The summed E-state index contributed by atoms with van der Waals surface area (Å²) in [6, 6.07) is 8.21. The number of nitro groups is 1. The molecule has 166 valence electrons. The minimum atomic E-state index is -0.644. The monoisotopic (exact) mass is 439 g/mol. The normalized spacial score (nSPS) is 11.0. The first-order valence-electron chi connectivity index (χ1n) is 9.82. The van der Waals surface area contributed by atoms with Crippen LogP contribution in [0.4, 0.5) is 10.1 Å². The van der Waals surface area contributed by atoms with Crippen molar-refractivity contribution in [2.24, 2.45) is 0 Å². The van der Waals surface area contributed by atoms with Crippen LogP contribution < -0.4 is 9.47 Å². The fourth-order valence-electron chi connectivity index (χ4n) is 3.19. The number of methoxy groups -OCH3 is 1.